The van der Waals surface area contributed by atoms with Crippen molar-refractivity contribution in [3.8, 4) is 5.75 Å². The Bertz CT molecular complexity index is 1050. The van der Waals surface area contributed by atoms with Crippen LogP contribution in [0.5, 0.6) is 5.75 Å². The van der Waals surface area contributed by atoms with Crippen LogP contribution in [-0.2, 0) is 4.79 Å². The van der Waals surface area contributed by atoms with E-state index in [1.807, 2.05) is 37.3 Å². The molecule has 3 rings (SSSR count). The fraction of sp³-hybridized carbons (Fsp3) is 0.130. The molecule has 0 fully saturated rings. The Morgan fingerprint density at radius 1 is 0.933 bits per heavy atom. The molecule has 6 nitrogen and oxygen atoms in total. The number of anilines is 3. The third-order valence-electron chi connectivity index (χ3n) is 4.41. The van der Waals surface area contributed by atoms with Gasteiger partial charge in [0.2, 0.25) is 5.91 Å². The highest BCUT2D eigenvalue weighted by molar-refractivity contribution is 6.31. The summed E-state index contributed by atoms with van der Waals surface area (Å²) in [6.45, 7) is 1.87. The molecule has 3 N–H and O–H groups in total. The number of aryl methyl sites for hydroxylation is 1. The predicted octanol–water partition coefficient (Wildman–Crippen LogP) is 4.96. The molecule has 0 heterocycles. The van der Waals surface area contributed by atoms with E-state index in [-0.39, 0.29) is 18.4 Å². The van der Waals surface area contributed by atoms with Gasteiger partial charge >= 0.3 is 0 Å². The molecule has 0 aliphatic heterocycles. The van der Waals surface area contributed by atoms with Crippen LogP contribution >= 0.6 is 11.6 Å². The summed E-state index contributed by atoms with van der Waals surface area (Å²) in [4.78, 5) is 25.0. The lowest BCUT2D eigenvalue weighted by Gasteiger charge is -2.13. The number of nitrogens with one attached hydrogen (secondary N) is 3. The number of hydrogen-bond donors (Lipinski definition) is 3. The van der Waals surface area contributed by atoms with E-state index in [1.165, 1.54) is 0 Å². The van der Waals surface area contributed by atoms with Gasteiger partial charge in [0.25, 0.3) is 5.91 Å². The minimum atomic E-state index is -0.263. The summed E-state index contributed by atoms with van der Waals surface area (Å²) in [7, 11) is 1.55. The van der Waals surface area contributed by atoms with Crippen LogP contribution in [0.3, 0.4) is 0 Å². The average molecular weight is 424 g/mol. The van der Waals surface area contributed by atoms with Crippen LogP contribution in [0.2, 0.25) is 5.02 Å². The number of benzene rings is 3. The van der Waals surface area contributed by atoms with E-state index in [0.29, 0.717) is 33.4 Å². The second-order valence-electron chi connectivity index (χ2n) is 6.60. The lowest BCUT2D eigenvalue weighted by atomic mass is 10.1. The van der Waals surface area contributed by atoms with Gasteiger partial charge in [-0.2, -0.15) is 0 Å². The molecule has 0 aliphatic rings. The predicted molar refractivity (Wildman–Crippen MR) is 121 cm³/mol. The maximum atomic E-state index is 12.5. The first-order chi connectivity index (χ1) is 14.5. The monoisotopic (exact) mass is 423 g/mol. The van der Waals surface area contributed by atoms with Gasteiger partial charge in [-0.1, -0.05) is 35.9 Å². The normalized spacial score (nSPS) is 10.2. The molecule has 7 heteroatoms. The average Bonchev–Trinajstić information content (AvgIpc) is 2.74. The van der Waals surface area contributed by atoms with Crippen molar-refractivity contribution in [1.82, 2.24) is 0 Å². The molecule has 30 heavy (non-hydrogen) atoms. The van der Waals surface area contributed by atoms with Crippen LogP contribution < -0.4 is 20.7 Å². The van der Waals surface area contributed by atoms with Gasteiger partial charge in [-0.25, -0.2) is 0 Å². The van der Waals surface area contributed by atoms with Crippen LogP contribution in [-0.4, -0.2) is 25.5 Å². The Hall–Kier alpha value is -3.51. The summed E-state index contributed by atoms with van der Waals surface area (Å²) >= 11 is 6.01. The summed E-state index contributed by atoms with van der Waals surface area (Å²) in [6.07, 6.45) is 0. The van der Waals surface area contributed by atoms with E-state index >= 15 is 0 Å². The van der Waals surface area contributed by atoms with E-state index in [2.05, 4.69) is 16.0 Å². The van der Waals surface area contributed by atoms with Gasteiger partial charge in [0, 0.05) is 22.0 Å². The molecule has 154 valence electrons. The number of carbonyl (C=O) groups excluding carboxylic acids is 2. The molecule has 0 unspecified atom stereocenters. The second kappa shape index (κ2) is 9.80. The minimum absolute atomic E-state index is 0.0105. The summed E-state index contributed by atoms with van der Waals surface area (Å²) in [5.74, 6) is 0.0715. The number of ether oxygens (including phenoxy) is 1. The molecule has 0 aromatic heterocycles. The quantitative estimate of drug-likeness (QED) is 0.501. The van der Waals surface area contributed by atoms with Gasteiger partial charge in [-0.15, -0.1) is 0 Å². The third-order valence-corrected chi connectivity index (χ3v) is 4.64. The van der Waals surface area contributed by atoms with Crippen molar-refractivity contribution in [3.05, 3.63) is 82.9 Å². The van der Waals surface area contributed by atoms with Crippen molar-refractivity contribution >= 4 is 40.5 Å². The first-order valence-electron chi connectivity index (χ1n) is 9.30. The minimum Gasteiger partial charge on any atom is -0.495 e. The van der Waals surface area contributed by atoms with E-state index in [9.17, 15) is 9.59 Å². The molecular formula is C23H22ClN3O3. The Labute approximate surface area is 180 Å². The van der Waals surface area contributed by atoms with Gasteiger partial charge in [0.1, 0.15) is 5.75 Å². The van der Waals surface area contributed by atoms with E-state index in [4.69, 9.17) is 16.3 Å². The highest BCUT2D eigenvalue weighted by Crippen LogP contribution is 2.27. The number of para-hydroxylation sites is 1. The lowest BCUT2D eigenvalue weighted by molar-refractivity contribution is -0.114. The van der Waals surface area contributed by atoms with Gasteiger partial charge in [-0.05, 0) is 55.0 Å². The zero-order valence-corrected chi connectivity index (χ0v) is 17.4. The first kappa shape index (κ1) is 21.2. The lowest BCUT2D eigenvalue weighted by Crippen LogP contribution is -2.23. The molecule has 3 aromatic carbocycles. The maximum absolute atomic E-state index is 12.5. The third kappa shape index (κ3) is 5.52. The SMILES string of the molecule is COc1ccc(Cl)cc1NCC(=O)Nc1cc(C(=O)Nc2ccccc2)ccc1C. The molecular weight excluding hydrogens is 402 g/mol. The van der Waals surface area contributed by atoms with Gasteiger partial charge in [0.15, 0.2) is 0 Å². The van der Waals surface area contributed by atoms with E-state index < -0.39 is 0 Å². The van der Waals surface area contributed by atoms with E-state index in [0.717, 1.165) is 5.56 Å². The van der Waals surface area contributed by atoms with Crippen LogP contribution in [0.25, 0.3) is 0 Å². The zero-order chi connectivity index (χ0) is 21.5. The second-order valence-corrected chi connectivity index (χ2v) is 7.03. The molecule has 0 saturated carbocycles. The molecule has 0 radical (unpaired) electrons. The van der Waals surface area contributed by atoms with Gasteiger partial charge in [0.05, 0.1) is 19.3 Å². The Morgan fingerprint density at radius 3 is 2.43 bits per heavy atom. The number of halogens is 1. The van der Waals surface area contributed by atoms with Crippen molar-refractivity contribution in [2.24, 2.45) is 0 Å². The molecule has 3 aromatic rings. The Kier molecular flexibility index (Phi) is 6.93. The maximum Gasteiger partial charge on any atom is 0.255 e. The summed E-state index contributed by atoms with van der Waals surface area (Å²) < 4.78 is 5.26. The van der Waals surface area contributed by atoms with Crippen LogP contribution in [0.15, 0.2) is 66.7 Å². The van der Waals surface area contributed by atoms with Crippen LogP contribution in [0, 0.1) is 6.92 Å². The molecule has 0 saturated heterocycles. The number of amides is 2. The highest BCUT2D eigenvalue weighted by atomic mass is 35.5. The fourth-order valence-corrected chi connectivity index (χ4v) is 2.98. The highest BCUT2D eigenvalue weighted by Gasteiger charge is 2.12. The zero-order valence-electron chi connectivity index (χ0n) is 16.7. The van der Waals surface area contributed by atoms with Gasteiger partial charge in [-0.3, -0.25) is 9.59 Å². The topological polar surface area (TPSA) is 79.5 Å². The van der Waals surface area contributed by atoms with Crippen molar-refractivity contribution in [2.45, 2.75) is 6.92 Å². The molecule has 0 aliphatic carbocycles. The van der Waals surface area contributed by atoms with Crippen LogP contribution in [0.4, 0.5) is 17.1 Å². The summed E-state index contributed by atoms with van der Waals surface area (Å²) in [5.41, 5.74) is 3.19. The standard InChI is InChI=1S/C23H22ClN3O3/c1-15-8-9-16(23(29)26-18-6-4-3-5-7-18)12-19(15)27-22(28)14-25-20-13-17(24)10-11-21(20)30-2/h3-13,25H,14H2,1-2H3,(H,26,29)(H,27,28). The Morgan fingerprint density at radius 2 is 1.70 bits per heavy atom. The van der Waals surface area contributed by atoms with Crippen molar-refractivity contribution < 1.29 is 14.3 Å². The number of rotatable bonds is 7. The largest absolute Gasteiger partial charge is 0.495 e. The molecule has 2 amide bonds. The van der Waals surface area contributed by atoms with Gasteiger partial charge < -0.3 is 20.7 Å². The van der Waals surface area contributed by atoms with Crippen molar-refractivity contribution in [1.29, 1.82) is 0 Å². The first-order valence-corrected chi connectivity index (χ1v) is 9.68. The molecule has 0 bridgehead atoms. The van der Waals surface area contributed by atoms with E-state index in [1.54, 1.807) is 43.5 Å². The van der Waals surface area contributed by atoms with Crippen molar-refractivity contribution in [3.63, 3.8) is 0 Å². The van der Waals surface area contributed by atoms with Crippen LogP contribution in [0.1, 0.15) is 15.9 Å². The summed E-state index contributed by atoms with van der Waals surface area (Å²) in [6, 6.07) is 19.5. The number of carbonyl (C=O) groups is 2. The smallest absolute Gasteiger partial charge is 0.255 e. The molecule has 0 spiro atoms. The Balaban J connectivity index is 1.66. The fourth-order valence-electron chi connectivity index (χ4n) is 2.81. The number of methoxy groups -OCH3 is 1. The summed E-state index contributed by atoms with van der Waals surface area (Å²) in [5, 5.41) is 9.22. The molecule has 0 atom stereocenters. The number of hydrogen-bond acceptors (Lipinski definition) is 4. The van der Waals surface area contributed by atoms with Crippen molar-refractivity contribution in [2.75, 3.05) is 29.6 Å².